The summed E-state index contributed by atoms with van der Waals surface area (Å²) in [7, 11) is 0. The molecule has 3 aromatic rings. The van der Waals surface area contributed by atoms with E-state index < -0.39 is 18.0 Å². The van der Waals surface area contributed by atoms with E-state index in [0.29, 0.717) is 40.9 Å². The van der Waals surface area contributed by atoms with Gasteiger partial charge in [0.25, 0.3) is 0 Å². The van der Waals surface area contributed by atoms with Crippen LogP contribution in [0.3, 0.4) is 0 Å². The lowest BCUT2D eigenvalue weighted by molar-refractivity contribution is -0.142. The number of hydrogen-bond acceptors (Lipinski definition) is 9. The Morgan fingerprint density at radius 2 is 1.79 bits per heavy atom. The van der Waals surface area contributed by atoms with Crippen LogP contribution in [0.4, 0.5) is 0 Å². The van der Waals surface area contributed by atoms with Crippen molar-refractivity contribution in [1.82, 2.24) is 25.0 Å². The molecule has 1 N–H and O–H groups in total. The van der Waals surface area contributed by atoms with Crippen molar-refractivity contribution < 1.29 is 24.0 Å². The van der Waals surface area contributed by atoms with E-state index in [1.165, 1.54) is 18.3 Å². The summed E-state index contributed by atoms with van der Waals surface area (Å²) in [5, 5.41) is 12.4. The van der Waals surface area contributed by atoms with E-state index in [9.17, 15) is 24.0 Å². The minimum Gasteiger partial charge on any atom is -0.323 e. The normalized spacial score (nSPS) is 18.8. The molecule has 1 unspecified atom stereocenters. The number of unbranched alkanes of at least 4 members (excludes halogenated alkanes) is 4. The fourth-order valence-electron chi connectivity index (χ4n) is 6.59. The highest BCUT2D eigenvalue weighted by Gasteiger charge is 2.36. The number of amides is 3. The largest absolute Gasteiger partial charge is 0.323 e. The number of thiophene rings is 1. The highest BCUT2D eigenvalue weighted by Crippen LogP contribution is 2.42. The van der Waals surface area contributed by atoms with Crippen LogP contribution in [0.1, 0.15) is 104 Å². The molecule has 2 atom stereocenters. The van der Waals surface area contributed by atoms with Gasteiger partial charge in [-0.05, 0) is 62.8 Å². The smallest absolute Gasteiger partial charge is 0.249 e. The van der Waals surface area contributed by atoms with Gasteiger partial charge in [-0.1, -0.05) is 43.0 Å². The molecule has 1 fully saturated rings. The van der Waals surface area contributed by atoms with Gasteiger partial charge in [0.15, 0.2) is 11.6 Å². The zero-order valence-electron chi connectivity index (χ0n) is 27.0. The molecule has 0 aliphatic carbocycles. The molecule has 0 bridgehead atoms. The number of imide groups is 1. The van der Waals surface area contributed by atoms with Crippen molar-refractivity contribution in [3.8, 4) is 16.1 Å². The topological polar surface area (TPSA) is 144 Å². The fourth-order valence-corrected chi connectivity index (χ4v) is 8.03. The number of hydrogen-bond donors (Lipinski definition) is 1. The number of carbonyl (C=O) groups is 5. The van der Waals surface area contributed by atoms with E-state index >= 15 is 0 Å². The van der Waals surface area contributed by atoms with Gasteiger partial charge in [0.2, 0.25) is 17.7 Å². The van der Waals surface area contributed by atoms with Crippen LogP contribution in [0.15, 0.2) is 40.9 Å². The number of benzene rings is 1. The van der Waals surface area contributed by atoms with E-state index in [-0.39, 0.29) is 36.2 Å². The van der Waals surface area contributed by atoms with Crippen LogP contribution in [0, 0.1) is 6.92 Å². The van der Waals surface area contributed by atoms with Crippen LogP contribution in [-0.2, 0) is 19.2 Å². The Labute approximate surface area is 287 Å². The molecular formula is C35H37ClN6O5S. The van der Waals surface area contributed by atoms with Crippen LogP contribution in [0.5, 0.6) is 0 Å². The van der Waals surface area contributed by atoms with Gasteiger partial charge in [-0.15, -0.1) is 21.5 Å². The first-order valence-corrected chi connectivity index (χ1v) is 17.5. The number of rotatable bonds is 13. The van der Waals surface area contributed by atoms with Gasteiger partial charge >= 0.3 is 0 Å². The van der Waals surface area contributed by atoms with Gasteiger partial charge in [-0.2, -0.15) is 0 Å². The molecule has 3 amide bonds. The van der Waals surface area contributed by atoms with Gasteiger partial charge in [-0.3, -0.25) is 38.8 Å². The Hall–Kier alpha value is -4.29. The van der Waals surface area contributed by atoms with Crippen LogP contribution >= 0.6 is 22.9 Å². The molecule has 13 heteroatoms. The maximum Gasteiger partial charge on any atom is 0.249 e. The summed E-state index contributed by atoms with van der Waals surface area (Å²) in [5.74, 6) is 0.455. The number of aryl methyl sites for hydroxylation is 1. The lowest BCUT2D eigenvalue weighted by Gasteiger charge is -2.29. The molecule has 5 heterocycles. The number of nitrogens with one attached hydrogen (secondary N) is 1. The first-order chi connectivity index (χ1) is 23.1. The number of halogens is 1. The van der Waals surface area contributed by atoms with Crippen molar-refractivity contribution in [3.63, 3.8) is 0 Å². The molecular weight excluding hydrogens is 652 g/mol. The summed E-state index contributed by atoms with van der Waals surface area (Å²) in [5.41, 5.74) is 3.47. The molecule has 11 nitrogen and oxygen atoms in total. The lowest BCUT2D eigenvalue weighted by atomic mass is 9.98. The summed E-state index contributed by atoms with van der Waals surface area (Å²) in [6.07, 6.45) is 9.89. The van der Waals surface area contributed by atoms with E-state index in [1.54, 1.807) is 29.3 Å². The lowest BCUT2D eigenvalue weighted by Crippen LogP contribution is -2.53. The summed E-state index contributed by atoms with van der Waals surface area (Å²) in [6, 6.07) is 6.38. The third kappa shape index (κ3) is 7.09. The minimum atomic E-state index is -0.585. The highest BCUT2D eigenvalue weighted by molar-refractivity contribution is 7.17. The molecule has 0 saturated carbocycles. The van der Waals surface area contributed by atoms with Crippen LogP contribution < -0.4 is 5.32 Å². The minimum absolute atomic E-state index is 0.00514. The number of nitrogens with zero attached hydrogens (tertiary/aromatic N) is 5. The second kappa shape index (κ2) is 14.4. The monoisotopic (exact) mass is 688 g/mol. The predicted molar refractivity (Wildman–Crippen MR) is 183 cm³/mol. The first kappa shape index (κ1) is 33.6. The summed E-state index contributed by atoms with van der Waals surface area (Å²) >= 11 is 7.62. The number of ketones is 2. The predicted octanol–water partition coefficient (Wildman–Crippen LogP) is 5.90. The quantitative estimate of drug-likeness (QED) is 0.134. The van der Waals surface area contributed by atoms with Gasteiger partial charge in [0, 0.05) is 54.2 Å². The van der Waals surface area contributed by atoms with Gasteiger partial charge < -0.3 is 4.90 Å². The fraction of sp³-hybridized carbons (Fsp3) is 0.429. The maximum atomic E-state index is 13.8. The zero-order valence-corrected chi connectivity index (χ0v) is 28.5. The van der Waals surface area contributed by atoms with Gasteiger partial charge in [0.1, 0.15) is 28.7 Å². The number of aliphatic imine (C=N–C) groups is 1. The second-order valence-electron chi connectivity index (χ2n) is 12.6. The van der Waals surface area contributed by atoms with Crippen molar-refractivity contribution in [1.29, 1.82) is 0 Å². The molecule has 0 radical (unpaired) electrons. The third-order valence-corrected chi connectivity index (χ3v) is 10.5. The van der Waals surface area contributed by atoms with Crippen molar-refractivity contribution in [2.75, 3.05) is 6.54 Å². The van der Waals surface area contributed by atoms with Crippen LogP contribution in [0.25, 0.3) is 16.1 Å². The number of carbonyl (C=O) groups excluding carboxylic acids is 5. The molecule has 0 spiro atoms. The molecule has 3 aliphatic heterocycles. The van der Waals surface area contributed by atoms with E-state index in [2.05, 4.69) is 15.5 Å². The third-order valence-electron chi connectivity index (χ3n) is 9.00. The van der Waals surface area contributed by atoms with Crippen molar-refractivity contribution in [3.05, 3.63) is 63.0 Å². The summed E-state index contributed by atoms with van der Waals surface area (Å²) in [4.78, 5) is 69.0. The molecule has 3 aliphatic rings. The number of piperidine rings is 1. The van der Waals surface area contributed by atoms with E-state index in [1.807, 2.05) is 23.6 Å². The number of Topliss-reactive ketones (excluding diaryl/α,β-unsaturated/α-hetero) is 2. The average Bonchev–Trinajstić information content (AvgIpc) is 3.70. The SMILES string of the molecule is CC(=O)C[C@@H]1N=Cc2c(sc(C(=O)CCCCCCCC3=CC(=O)N(C4CCC(=O)NC4=O)C3)c2-c2ccc(Cl)cc2)-n2c(C)nnc21. The Morgan fingerprint density at radius 1 is 1.04 bits per heavy atom. The first-order valence-electron chi connectivity index (χ1n) is 16.3. The number of aromatic nitrogens is 3. The van der Waals surface area contributed by atoms with Gasteiger partial charge in [-0.25, -0.2) is 0 Å². The van der Waals surface area contributed by atoms with Crippen LogP contribution in [-0.4, -0.2) is 67.8 Å². The Morgan fingerprint density at radius 3 is 2.54 bits per heavy atom. The Kier molecular flexibility index (Phi) is 10.1. The van der Waals surface area contributed by atoms with E-state index in [4.69, 9.17) is 16.6 Å². The Bertz CT molecular complexity index is 1840. The second-order valence-corrected chi connectivity index (χ2v) is 14.0. The van der Waals surface area contributed by atoms with Crippen LogP contribution in [0.2, 0.25) is 5.02 Å². The van der Waals surface area contributed by atoms with E-state index in [0.717, 1.165) is 65.8 Å². The summed E-state index contributed by atoms with van der Waals surface area (Å²) < 4.78 is 1.92. The molecule has 250 valence electrons. The molecule has 1 saturated heterocycles. The average molecular weight is 689 g/mol. The van der Waals surface area contributed by atoms with Crippen molar-refractivity contribution >= 4 is 58.4 Å². The Balaban J connectivity index is 1.07. The zero-order chi connectivity index (χ0) is 33.9. The standard InChI is InChI=1S/C35H37ClN6O5S/c1-20(43)16-26-33-40-39-21(2)42(33)35-25(18-37-26)31(23-10-12-24(36)13-11-23)32(48-35)28(44)9-7-5-3-4-6-8-22-17-30(46)41(19-22)27-14-15-29(45)38-34(27)47/h10-13,17-18,26-27H,3-9,14-16,19H2,1-2H3,(H,38,45,47)/t26-,27?/m0/s1. The maximum absolute atomic E-state index is 13.8. The highest BCUT2D eigenvalue weighted by atomic mass is 35.5. The van der Waals surface area contributed by atoms with Crippen molar-refractivity contribution in [2.45, 2.75) is 90.1 Å². The molecule has 2 aromatic heterocycles. The molecule has 1 aromatic carbocycles. The molecule has 6 rings (SSSR count). The number of fused-ring (bicyclic) bond motifs is 3. The van der Waals surface area contributed by atoms with Crippen molar-refractivity contribution in [2.24, 2.45) is 4.99 Å². The molecule has 48 heavy (non-hydrogen) atoms. The summed E-state index contributed by atoms with van der Waals surface area (Å²) in [6.45, 7) is 3.82. The van der Waals surface area contributed by atoms with Gasteiger partial charge in [0.05, 0.1) is 4.88 Å².